The summed E-state index contributed by atoms with van der Waals surface area (Å²) in [6.45, 7) is 7.92. The molecule has 0 aliphatic carbocycles. The van der Waals surface area contributed by atoms with E-state index in [1.807, 2.05) is 19.2 Å². The first-order valence-corrected chi connectivity index (χ1v) is 5.38. The Hall–Kier alpha value is -0.610. The van der Waals surface area contributed by atoms with Crippen LogP contribution in [0.4, 0.5) is 0 Å². The van der Waals surface area contributed by atoms with Gasteiger partial charge < -0.3 is 10.1 Å². The number of hydrogen-bond donors (Lipinski definition) is 1. The summed E-state index contributed by atoms with van der Waals surface area (Å²) < 4.78 is 9.73. The van der Waals surface area contributed by atoms with Crippen molar-refractivity contribution in [2.45, 2.75) is 33.4 Å². The van der Waals surface area contributed by atoms with Crippen molar-refractivity contribution in [2.75, 3.05) is 6.54 Å². The molecule has 13 heavy (non-hydrogen) atoms. The van der Waals surface area contributed by atoms with Crippen LogP contribution in [0.2, 0.25) is 0 Å². The van der Waals surface area contributed by atoms with Crippen molar-refractivity contribution in [3.63, 3.8) is 0 Å². The standard InChI is InChI=1S/C9H16N2OS/c1-4-10-5-8-6-13-11-9(8)12-7(2)3/h6-7,10H,4-5H2,1-3H3. The van der Waals surface area contributed by atoms with Crippen LogP contribution < -0.4 is 10.1 Å². The Morgan fingerprint density at radius 1 is 1.62 bits per heavy atom. The van der Waals surface area contributed by atoms with E-state index < -0.39 is 0 Å². The lowest BCUT2D eigenvalue weighted by molar-refractivity contribution is 0.232. The molecule has 4 heteroatoms. The summed E-state index contributed by atoms with van der Waals surface area (Å²) in [6, 6.07) is 0. The molecule has 0 spiro atoms. The lowest BCUT2D eigenvalue weighted by Gasteiger charge is -2.08. The molecule has 1 aromatic rings. The quantitative estimate of drug-likeness (QED) is 0.789. The Morgan fingerprint density at radius 3 is 3.00 bits per heavy atom. The van der Waals surface area contributed by atoms with Crippen LogP contribution in [0, 0.1) is 0 Å². The van der Waals surface area contributed by atoms with Crippen LogP contribution in [-0.2, 0) is 6.54 Å². The van der Waals surface area contributed by atoms with Crippen molar-refractivity contribution >= 4 is 11.5 Å². The van der Waals surface area contributed by atoms with E-state index in [0.717, 1.165) is 24.5 Å². The SMILES string of the molecule is CCNCc1csnc1OC(C)C. The van der Waals surface area contributed by atoms with Gasteiger partial charge in [0.1, 0.15) is 0 Å². The van der Waals surface area contributed by atoms with Crippen LogP contribution in [0.1, 0.15) is 26.3 Å². The third-order valence-electron chi connectivity index (χ3n) is 1.52. The van der Waals surface area contributed by atoms with E-state index >= 15 is 0 Å². The zero-order valence-corrected chi connectivity index (χ0v) is 9.15. The van der Waals surface area contributed by atoms with Crippen molar-refractivity contribution < 1.29 is 4.74 Å². The van der Waals surface area contributed by atoms with Crippen LogP contribution >= 0.6 is 11.5 Å². The maximum atomic E-state index is 5.54. The first kappa shape index (κ1) is 10.5. The summed E-state index contributed by atoms with van der Waals surface area (Å²) in [6.07, 6.45) is 0.197. The fourth-order valence-electron chi connectivity index (χ4n) is 0.944. The van der Waals surface area contributed by atoms with Gasteiger partial charge in [0.15, 0.2) is 0 Å². The van der Waals surface area contributed by atoms with Gasteiger partial charge in [-0.2, -0.15) is 4.37 Å². The van der Waals surface area contributed by atoms with Crippen molar-refractivity contribution in [3.8, 4) is 5.88 Å². The van der Waals surface area contributed by atoms with E-state index in [1.54, 1.807) is 0 Å². The molecule has 74 valence electrons. The zero-order chi connectivity index (χ0) is 9.68. The Morgan fingerprint density at radius 2 is 2.38 bits per heavy atom. The van der Waals surface area contributed by atoms with Crippen LogP contribution in [-0.4, -0.2) is 17.0 Å². The molecule has 1 heterocycles. The summed E-state index contributed by atoms with van der Waals surface area (Å²) in [5.74, 6) is 0.779. The molecular formula is C9H16N2OS. The van der Waals surface area contributed by atoms with Gasteiger partial charge in [0.2, 0.25) is 5.88 Å². The first-order chi connectivity index (χ1) is 6.24. The minimum Gasteiger partial charge on any atom is -0.474 e. The molecule has 0 bridgehead atoms. The molecule has 0 aliphatic rings. The highest BCUT2D eigenvalue weighted by atomic mass is 32.1. The molecule has 3 nitrogen and oxygen atoms in total. The summed E-state index contributed by atoms with van der Waals surface area (Å²) in [5.41, 5.74) is 1.15. The van der Waals surface area contributed by atoms with Gasteiger partial charge >= 0.3 is 0 Å². The van der Waals surface area contributed by atoms with Crippen LogP contribution in [0.15, 0.2) is 5.38 Å². The van der Waals surface area contributed by atoms with Crippen molar-refractivity contribution in [1.29, 1.82) is 0 Å². The van der Waals surface area contributed by atoms with Crippen molar-refractivity contribution in [1.82, 2.24) is 9.69 Å². The van der Waals surface area contributed by atoms with E-state index in [2.05, 4.69) is 16.6 Å². The van der Waals surface area contributed by atoms with Gasteiger partial charge in [0.05, 0.1) is 6.10 Å². The molecule has 0 aliphatic heterocycles. The predicted molar refractivity (Wildman–Crippen MR) is 55.3 cm³/mol. The largest absolute Gasteiger partial charge is 0.474 e. The number of ether oxygens (including phenoxy) is 1. The highest BCUT2D eigenvalue weighted by Crippen LogP contribution is 2.19. The highest BCUT2D eigenvalue weighted by Gasteiger charge is 2.07. The Balaban J connectivity index is 2.55. The second kappa shape index (κ2) is 5.19. The molecule has 0 fully saturated rings. The van der Waals surface area contributed by atoms with Crippen molar-refractivity contribution in [2.24, 2.45) is 0 Å². The maximum absolute atomic E-state index is 5.54. The molecule has 0 amide bonds. The summed E-state index contributed by atoms with van der Waals surface area (Å²) in [7, 11) is 0. The Bertz CT molecular complexity index is 248. The number of aromatic nitrogens is 1. The first-order valence-electron chi connectivity index (χ1n) is 4.54. The summed E-state index contributed by atoms with van der Waals surface area (Å²) in [5, 5.41) is 5.28. The van der Waals surface area contributed by atoms with Crippen molar-refractivity contribution in [3.05, 3.63) is 10.9 Å². The minimum absolute atomic E-state index is 0.197. The molecular weight excluding hydrogens is 184 g/mol. The second-order valence-corrected chi connectivity index (χ2v) is 3.72. The van der Waals surface area contributed by atoms with Gasteiger partial charge in [-0.25, -0.2) is 0 Å². The van der Waals surface area contributed by atoms with Gasteiger partial charge in [0.25, 0.3) is 0 Å². The lowest BCUT2D eigenvalue weighted by Crippen LogP contribution is -2.13. The normalized spacial score (nSPS) is 10.8. The molecule has 0 atom stereocenters. The van der Waals surface area contributed by atoms with Gasteiger partial charge in [-0.1, -0.05) is 6.92 Å². The molecule has 1 N–H and O–H groups in total. The van der Waals surface area contributed by atoms with Gasteiger partial charge in [-0.3, -0.25) is 0 Å². The highest BCUT2D eigenvalue weighted by molar-refractivity contribution is 7.03. The molecule has 0 unspecified atom stereocenters. The third-order valence-corrected chi connectivity index (χ3v) is 2.18. The van der Waals surface area contributed by atoms with E-state index in [1.165, 1.54) is 11.5 Å². The zero-order valence-electron chi connectivity index (χ0n) is 8.33. The summed E-state index contributed by atoms with van der Waals surface area (Å²) >= 11 is 1.44. The number of nitrogens with one attached hydrogen (secondary N) is 1. The molecule has 1 aromatic heterocycles. The smallest absolute Gasteiger partial charge is 0.229 e. The molecule has 0 radical (unpaired) electrons. The average molecular weight is 200 g/mol. The van der Waals surface area contributed by atoms with E-state index in [0.29, 0.717) is 0 Å². The van der Waals surface area contributed by atoms with Gasteiger partial charge in [-0.15, -0.1) is 0 Å². The van der Waals surface area contributed by atoms with Crippen LogP contribution in [0.3, 0.4) is 0 Å². The molecule has 0 saturated carbocycles. The van der Waals surface area contributed by atoms with Crippen LogP contribution in [0.5, 0.6) is 5.88 Å². The number of rotatable bonds is 5. The predicted octanol–water partition coefficient (Wildman–Crippen LogP) is 2.04. The average Bonchev–Trinajstić information content (AvgIpc) is 2.48. The van der Waals surface area contributed by atoms with Crippen LogP contribution in [0.25, 0.3) is 0 Å². The van der Waals surface area contributed by atoms with Gasteiger partial charge in [-0.05, 0) is 31.9 Å². The maximum Gasteiger partial charge on any atom is 0.229 e. The minimum atomic E-state index is 0.197. The fourth-order valence-corrected chi connectivity index (χ4v) is 1.56. The van der Waals surface area contributed by atoms with Gasteiger partial charge in [0, 0.05) is 17.5 Å². The lowest BCUT2D eigenvalue weighted by atomic mass is 10.3. The summed E-state index contributed by atoms with van der Waals surface area (Å²) in [4.78, 5) is 0. The Labute approximate surface area is 83.3 Å². The Kier molecular flexibility index (Phi) is 4.18. The topological polar surface area (TPSA) is 34.2 Å². The second-order valence-electron chi connectivity index (χ2n) is 3.09. The third kappa shape index (κ3) is 3.32. The number of nitrogens with zero attached hydrogens (tertiary/aromatic N) is 1. The molecule has 1 rings (SSSR count). The molecule has 0 aromatic carbocycles. The van der Waals surface area contributed by atoms with E-state index in [-0.39, 0.29) is 6.10 Å². The fraction of sp³-hybridized carbons (Fsp3) is 0.667. The number of hydrogen-bond acceptors (Lipinski definition) is 4. The van der Waals surface area contributed by atoms with E-state index in [9.17, 15) is 0 Å². The van der Waals surface area contributed by atoms with E-state index in [4.69, 9.17) is 4.74 Å². The molecule has 0 saturated heterocycles. The monoisotopic (exact) mass is 200 g/mol.